The van der Waals surface area contributed by atoms with Crippen molar-refractivity contribution < 1.29 is 14.5 Å². The van der Waals surface area contributed by atoms with Gasteiger partial charge >= 0.3 is 5.97 Å². The fourth-order valence-electron chi connectivity index (χ4n) is 0.142. The highest BCUT2D eigenvalue weighted by Gasteiger charge is 2.19. The normalized spacial score (nSPS) is 17.4. The predicted molar refractivity (Wildman–Crippen MR) is 31.2 cm³/mol. The lowest BCUT2D eigenvalue weighted by molar-refractivity contribution is -0.136. The molecule has 3 nitrogen and oxygen atoms in total. The summed E-state index contributed by atoms with van der Waals surface area (Å²) in [6, 6.07) is 0. The number of hydrogen-bond donors (Lipinski definition) is 1. The topological polar surface area (TPSA) is 60.4 Å². The van der Waals surface area contributed by atoms with Crippen LogP contribution in [0.1, 0.15) is 6.92 Å². The molecule has 0 radical (unpaired) electrons. The smallest absolute Gasteiger partial charge is 0.356 e. The molecule has 2 unspecified atom stereocenters. The van der Waals surface area contributed by atoms with Crippen LogP contribution < -0.4 is 0 Å². The minimum Gasteiger partial charge on any atom is -0.616 e. The van der Waals surface area contributed by atoms with Crippen LogP contribution in [-0.4, -0.2) is 27.1 Å². The Balaban J connectivity index is 3.64. The van der Waals surface area contributed by atoms with Gasteiger partial charge < -0.3 is 9.66 Å². The number of rotatable bonds is 2. The number of carboxylic acid groups (broad SMARTS) is 1. The lowest BCUT2D eigenvalue weighted by Gasteiger charge is -2.07. The van der Waals surface area contributed by atoms with Gasteiger partial charge in [0.1, 0.15) is 0 Å². The zero-order valence-electron chi connectivity index (χ0n) is 4.75. The molecule has 0 amide bonds. The fourth-order valence-corrected chi connectivity index (χ4v) is 0.426. The van der Waals surface area contributed by atoms with Crippen LogP contribution in [0.15, 0.2) is 0 Å². The van der Waals surface area contributed by atoms with Gasteiger partial charge in [0.25, 0.3) is 0 Å². The summed E-state index contributed by atoms with van der Waals surface area (Å²) in [4.78, 5) is 9.95. The van der Waals surface area contributed by atoms with Crippen molar-refractivity contribution >= 4 is 17.1 Å². The first kappa shape index (κ1) is 7.78. The zero-order valence-corrected chi connectivity index (χ0v) is 5.57. The van der Waals surface area contributed by atoms with E-state index in [9.17, 15) is 9.35 Å². The lowest BCUT2D eigenvalue weighted by atomic mass is 10.5. The number of aliphatic carboxylic acids is 1. The van der Waals surface area contributed by atoms with Gasteiger partial charge in [0.05, 0.1) is 6.26 Å². The van der Waals surface area contributed by atoms with Crippen LogP contribution >= 0.6 is 0 Å². The maximum absolute atomic E-state index is 10.3. The van der Waals surface area contributed by atoms with Crippen molar-refractivity contribution in [3.63, 3.8) is 0 Å². The molecule has 0 aromatic rings. The van der Waals surface area contributed by atoms with E-state index in [0.717, 1.165) is 0 Å². The van der Waals surface area contributed by atoms with Crippen molar-refractivity contribution in [1.82, 2.24) is 0 Å². The molecule has 0 aliphatic heterocycles. The molecule has 0 rings (SSSR count). The van der Waals surface area contributed by atoms with E-state index in [1.165, 1.54) is 13.2 Å². The van der Waals surface area contributed by atoms with Gasteiger partial charge in [0.2, 0.25) is 5.25 Å². The Labute approximate surface area is 50.9 Å². The van der Waals surface area contributed by atoms with Gasteiger partial charge in [-0.1, -0.05) is 0 Å². The Kier molecular flexibility index (Phi) is 2.86. The molecule has 0 aromatic heterocycles. The predicted octanol–water partition coefficient (Wildman–Crippen LogP) is -0.162. The van der Waals surface area contributed by atoms with E-state index >= 15 is 0 Å². The maximum Gasteiger partial charge on any atom is 0.356 e. The molecular weight excluding hydrogens is 128 g/mol. The Bertz CT molecular complexity index is 91.3. The van der Waals surface area contributed by atoms with Crippen molar-refractivity contribution in [3.8, 4) is 0 Å². The monoisotopic (exact) mass is 136 g/mol. The molecule has 0 fully saturated rings. The SMILES string of the molecule is CC(C(=O)O)[S+](C)[O-]. The summed E-state index contributed by atoms with van der Waals surface area (Å²) >= 11 is -1.24. The second-order valence-corrected chi connectivity index (χ2v) is 3.18. The van der Waals surface area contributed by atoms with E-state index < -0.39 is 22.4 Å². The molecule has 8 heavy (non-hydrogen) atoms. The molecule has 0 saturated heterocycles. The molecule has 0 bridgehead atoms. The molecule has 0 spiro atoms. The van der Waals surface area contributed by atoms with Gasteiger partial charge in [-0.2, -0.15) is 0 Å². The van der Waals surface area contributed by atoms with Crippen LogP contribution in [0.4, 0.5) is 0 Å². The van der Waals surface area contributed by atoms with Crippen molar-refractivity contribution in [2.75, 3.05) is 6.26 Å². The Morgan fingerprint density at radius 2 is 2.25 bits per heavy atom. The van der Waals surface area contributed by atoms with Crippen molar-refractivity contribution in [2.45, 2.75) is 12.2 Å². The van der Waals surface area contributed by atoms with Gasteiger partial charge in [-0.25, -0.2) is 4.79 Å². The quantitative estimate of drug-likeness (QED) is 0.536. The minimum atomic E-state index is -1.24. The summed E-state index contributed by atoms with van der Waals surface area (Å²) in [6.45, 7) is 1.42. The van der Waals surface area contributed by atoms with Crippen LogP contribution in [0.25, 0.3) is 0 Å². The molecule has 48 valence electrons. The van der Waals surface area contributed by atoms with E-state index in [1.54, 1.807) is 0 Å². The second kappa shape index (κ2) is 2.94. The minimum absolute atomic E-state index is 0.741. The molecule has 0 aliphatic rings. The van der Waals surface area contributed by atoms with E-state index in [-0.39, 0.29) is 0 Å². The second-order valence-electron chi connectivity index (χ2n) is 1.48. The Morgan fingerprint density at radius 1 is 1.88 bits per heavy atom. The summed E-state index contributed by atoms with van der Waals surface area (Å²) < 4.78 is 10.3. The first-order chi connectivity index (χ1) is 3.55. The van der Waals surface area contributed by atoms with Gasteiger partial charge in [-0.15, -0.1) is 0 Å². The third-order valence-corrected chi connectivity index (χ3v) is 2.04. The number of carboxylic acids is 1. The van der Waals surface area contributed by atoms with Crippen LogP contribution in [-0.2, 0) is 16.0 Å². The van der Waals surface area contributed by atoms with Crippen molar-refractivity contribution in [1.29, 1.82) is 0 Å². The van der Waals surface area contributed by atoms with Gasteiger partial charge in [0, 0.05) is 0 Å². The van der Waals surface area contributed by atoms with Crippen molar-refractivity contribution in [2.24, 2.45) is 0 Å². The fraction of sp³-hybridized carbons (Fsp3) is 0.750. The van der Waals surface area contributed by atoms with Crippen molar-refractivity contribution in [3.05, 3.63) is 0 Å². The Hall–Kier alpha value is -0.220. The van der Waals surface area contributed by atoms with Gasteiger partial charge in [0.15, 0.2) is 0 Å². The highest BCUT2D eigenvalue weighted by molar-refractivity contribution is 7.92. The van der Waals surface area contributed by atoms with E-state index in [1.807, 2.05) is 0 Å². The van der Waals surface area contributed by atoms with Crippen LogP contribution in [0, 0.1) is 0 Å². The highest BCUT2D eigenvalue weighted by atomic mass is 32.2. The summed E-state index contributed by atoms with van der Waals surface area (Å²) in [5, 5.41) is 7.42. The molecule has 1 N–H and O–H groups in total. The van der Waals surface area contributed by atoms with E-state index in [2.05, 4.69) is 0 Å². The number of carbonyl (C=O) groups is 1. The van der Waals surface area contributed by atoms with Gasteiger partial charge in [-0.3, -0.25) is 0 Å². The summed E-state index contributed by atoms with van der Waals surface area (Å²) in [5.41, 5.74) is 0. The first-order valence-corrected chi connectivity index (χ1v) is 3.73. The highest BCUT2D eigenvalue weighted by Crippen LogP contribution is 1.95. The van der Waals surface area contributed by atoms with Crippen LogP contribution in [0.5, 0.6) is 0 Å². The van der Waals surface area contributed by atoms with Crippen LogP contribution in [0.2, 0.25) is 0 Å². The molecule has 0 heterocycles. The zero-order chi connectivity index (χ0) is 6.73. The molecule has 4 heteroatoms. The third-order valence-electron chi connectivity index (χ3n) is 0.846. The number of hydrogen-bond acceptors (Lipinski definition) is 2. The molecule has 0 aromatic carbocycles. The molecule has 2 atom stereocenters. The van der Waals surface area contributed by atoms with Crippen LogP contribution in [0.3, 0.4) is 0 Å². The molecule has 0 saturated carbocycles. The third kappa shape index (κ3) is 2.18. The average Bonchev–Trinajstić information content (AvgIpc) is 1.64. The Morgan fingerprint density at radius 3 is 2.25 bits per heavy atom. The largest absolute Gasteiger partial charge is 0.616 e. The summed E-state index contributed by atoms with van der Waals surface area (Å²) in [5.74, 6) is -1.01. The molecular formula is C4H8O3S. The summed E-state index contributed by atoms with van der Waals surface area (Å²) in [7, 11) is 0. The van der Waals surface area contributed by atoms with E-state index in [4.69, 9.17) is 5.11 Å². The summed E-state index contributed by atoms with van der Waals surface area (Å²) in [6.07, 6.45) is 1.37. The first-order valence-electron chi connectivity index (χ1n) is 2.10. The lowest BCUT2D eigenvalue weighted by Crippen LogP contribution is -2.25. The maximum atomic E-state index is 10.3. The standard InChI is InChI=1S/C4H8O3S/c1-3(4(5)6)8(2)7/h3H,1-2H3,(H,5,6). The molecule has 0 aliphatic carbocycles. The van der Waals surface area contributed by atoms with E-state index in [0.29, 0.717) is 0 Å². The average molecular weight is 136 g/mol. The van der Waals surface area contributed by atoms with Gasteiger partial charge in [-0.05, 0) is 18.1 Å².